The molecule has 0 unspecified atom stereocenters. The number of carbonyl (C=O) groups is 2. The van der Waals surface area contributed by atoms with E-state index in [9.17, 15) is 9.59 Å². The molecule has 6 heteroatoms. The number of hydrogen-bond donors (Lipinski definition) is 0. The maximum absolute atomic E-state index is 14.0. The Labute approximate surface area is 227 Å². The number of para-hydroxylation sites is 2. The van der Waals surface area contributed by atoms with Crippen molar-refractivity contribution < 1.29 is 9.59 Å². The van der Waals surface area contributed by atoms with Crippen LogP contribution in [0, 0.1) is 0 Å². The number of halogens is 2. The smallest absolute Gasteiger partial charge is 0.258 e. The molecule has 0 aliphatic carbocycles. The van der Waals surface area contributed by atoms with Gasteiger partial charge in [0, 0.05) is 37.5 Å². The molecule has 4 aromatic carbocycles. The summed E-state index contributed by atoms with van der Waals surface area (Å²) in [6.45, 7) is 2.05. The normalized spacial score (nSPS) is 16.8. The Morgan fingerprint density at radius 2 is 1.39 bits per heavy atom. The third kappa shape index (κ3) is 4.75. The number of nitrogens with zero attached hydrogens (tertiary/aromatic N) is 2. The lowest BCUT2D eigenvalue weighted by Crippen LogP contribution is -2.47. The van der Waals surface area contributed by atoms with Gasteiger partial charge in [-0.05, 0) is 73.5 Å². The highest BCUT2D eigenvalue weighted by atomic mass is 79.9. The first-order valence-electron chi connectivity index (χ1n) is 11.8. The van der Waals surface area contributed by atoms with Gasteiger partial charge in [-0.3, -0.25) is 9.59 Å². The molecule has 0 bridgehead atoms. The number of benzene rings is 4. The third-order valence-electron chi connectivity index (χ3n) is 6.49. The van der Waals surface area contributed by atoms with Crippen molar-refractivity contribution in [3.05, 3.63) is 129 Å². The lowest BCUT2D eigenvalue weighted by Gasteiger charge is -2.43. The molecule has 36 heavy (non-hydrogen) atoms. The zero-order valence-corrected chi connectivity index (χ0v) is 22.8. The number of carbonyl (C=O) groups excluding carboxylic acids is 2. The summed E-state index contributed by atoms with van der Waals surface area (Å²) in [4.78, 5) is 31.4. The number of fused-ring (bicyclic) bond motifs is 1. The van der Waals surface area contributed by atoms with Crippen LogP contribution in [0.5, 0.6) is 0 Å². The minimum atomic E-state index is -0.239. The molecule has 0 aromatic heterocycles. The van der Waals surface area contributed by atoms with Gasteiger partial charge >= 0.3 is 0 Å². The van der Waals surface area contributed by atoms with Gasteiger partial charge in [-0.1, -0.05) is 80.4 Å². The van der Waals surface area contributed by atoms with Gasteiger partial charge in [0.25, 0.3) is 11.8 Å². The molecule has 1 aliphatic rings. The molecule has 1 aliphatic heterocycles. The van der Waals surface area contributed by atoms with Crippen molar-refractivity contribution in [3.8, 4) is 0 Å². The molecular formula is C30H24Br2N2O2. The van der Waals surface area contributed by atoms with Gasteiger partial charge in [0.05, 0.1) is 6.04 Å². The molecule has 5 rings (SSSR count). The molecule has 0 radical (unpaired) electrons. The first kappa shape index (κ1) is 24.5. The van der Waals surface area contributed by atoms with Crippen LogP contribution >= 0.6 is 31.9 Å². The Bertz CT molecular complexity index is 1420. The highest BCUT2D eigenvalue weighted by molar-refractivity contribution is 9.10. The topological polar surface area (TPSA) is 40.6 Å². The highest BCUT2D eigenvalue weighted by Gasteiger charge is 2.39. The van der Waals surface area contributed by atoms with E-state index < -0.39 is 0 Å². The second-order valence-corrected chi connectivity index (χ2v) is 10.7. The van der Waals surface area contributed by atoms with E-state index in [0.29, 0.717) is 17.5 Å². The first-order valence-corrected chi connectivity index (χ1v) is 13.3. The fourth-order valence-electron chi connectivity index (χ4n) is 4.88. The van der Waals surface area contributed by atoms with Gasteiger partial charge in [-0.25, -0.2) is 0 Å². The minimum Gasteiger partial charge on any atom is -0.305 e. The average molecular weight is 604 g/mol. The summed E-state index contributed by atoms with van der Waals surface area (Å²) in [5, 5.41) is 0. The number of anilines is 2. The van der Waals surface area contributed by atoms with Crippen LogP contribution in [0.15, 0.2) is 112 Å². The van der Waals surface area contributed by atoms with Crippen LogP contribution < -0.4 is 9.80 Å². The van der Waals surface area contributed by atoms with Crippen LogP contribution in [0.4, 0.5) is 11.4 Å². The molecule has 1 heterocycles. The van der Waals surface area contributed by atoms with Crippen LogP contribution in [-0.2, 0) is 0 Å². The second-order valence-electron chi connectivity index (χ2n) is 8.87. The van der Waals surface area contributed by atoms with Crippen molar-refractivity contribution in [2.45, 2.75) is 25.4 Å². The van der Waals surface area contributed by atoms with Gasteiger partial charge in [-0.2, -0.15) is 0 Å². The summed E-state index contributed by atoms with van der Waals surface area (Å²) in [6, 6.07) is 32.2. The van der Waals surface area contributed by atoms with Gasteiger partial charge in [-0.15, -0.1) is 0 Å². The first-order chi connectivity index (χ1) is 17.4. The molecule has 2 atom stereocenters. The van der Waals surface area contributed by atoms with E-state index in [-0.39, 0.29) is 23.9 Å². The molecule has 0 saturated heterocycles. The zero-order valence-electron chi connectivity index (χ0n) is 19.6. The molecular weight excluding hydrogens is 580 g/mol. The Morgan fingerprint density at radius 1 is 0.778 bits per heavy atom. The molecule has 4 aromatic rings. The van der Waals surface area contributed by atoms with Crippen molar-refractivity contribution in [1.82, 2.24) is 0 Å². The maximum Gasteiger partial charge on any atom is 0.258 e. The number of rotatable bonds is 4. The van der Waals surface area contributed by atoms with Crippen molar-refractivity contribution in [2.75, 3.05) is 9.80 Å². The molecule has 0 fully saturated rings. The number of hydrogen-bond acceptors (Lipinski definition) is 2. The highest BCUT2D eigenvalue weighted by Crippen LogP contribution is 2.43. The molecule has 0 N–H and O–H groups in total. The SMILES string of the molecule is C[C@@H]1C[C@H](N(C(=O)c2cccc(Br)c2)c2ccccc2)c2ccccc2N1C(=O)c1cccc(Br)c1. The zero-order chi connectivity index (χ0) is 25.2. The third-order valence-corrected chi connectivity index (χ3v) is 7.47. The summed E-state index contributed by atoms with van der Waals surface area (Å²) >= 11 is 6.98. The maximum atomic E-state index is 14.0. The fraction of sp³-hybridized carbons (Fsp3) is 0.133. The van der Waals surface area contributed by atoms with Crippen LogP contribution in [-0.4, -0.2) is 17.9 Å². The average Bonchev–Trinajstić information content (AvgIpc) is 2.89. The Kier molecular flexibility index (Phi) is 7.08. The minimum absolute atomic E-state index is 0.0562. The predicted molar refractivity (Wildman–Crippen MR) is 152 cm³/mol. The van der Waals surface area contributed by atoms with E-state index >= 15 is 0 Å². The quantitative estimate of drug-likeness (QED) is 0.237. The Hall–Kier alpha value is -3.22. The molecule has 4 nitrogen and oxygen atoms in total. The lowest BCUT2D eigenvalue weighted by atomic mass is 9.89. The standard InChI is InChI=1S/C30H24Br2N2O2/c1-20-17-28(34(25-13-3-2-4-14-25)30(36)22-10-8-12-24(32)19-22)26-15-5-6-16-27(26)33(20)29(35)21-9-7-11-23(31)18-21/h2-16,18-20,28H,17H2,1H3/t20-,28+/m1/s1. The summed E-state index contributed by atoms with van der Waals surface area (Å²) in [5.41, 5.74) is 3.82. The van der Waals surface area contributed by atoms with E-state index in [1.54, 1.807) is 0 Å². The summed E-state index contributed by atoms with van der Waals surface area (Å²) in [6.07, 6.45) is 0.603. The van der Waals surface area contributed by atoms with Gasteiger partial charge in [0.1, 0.15) is 0 Å². The molecule has 2 amide bonds. The van der Waals surface area contributed by atoms with Crippen LogP contribution in [0.3, 0.4) is 0 Å². The van der Waals surface area contributed by atoms with Crippen molar-refractivity contribution in [3.63, 3.8) is 0 Å². The van der Waals surface area contributed by atoms with Crippen LogP contribution in [0.1, 0.15) is 45.7 Å². The Morgan fingerprint density at radius 3 is 2.08 bits per heavy atom. The van der Waals surface area contributed by atoms with E-state index in [4.69, 9.17) is 0 Å². The van der Waals surface area contributed by atoms with Gasteiger partial charge in [0.15, 0.2) is 0 Å². The monoisotopic (exact) mass is 602 g/mol. The van der Waals surface area contributed by atoms with E-state index in [1.807, 2.05) is 120 Å². The van der Waals surface area contributed by atoms with Crippen molar-refractivity contribution in [2.24, 2.45) is 0 Å². The molecule has 0 spiro atoms. The predicted octanol–water partition coefficient (Wildman–Crippen LogP) is 8.04. The van der Waals surface area contributed by atoms with E-state index in [1.165, 1.54) is 0 Å². The summed E-state index contributed by atoms with van der Waals surface area (Å²) < 4.78 is 1.71. The second kappa shape index (κ2) is 10.4. The van der Waals surface area contributed by atoms with Crippen molar-refractivity contribution in [1.29, 1.82) is 0 Å². The number of amides is 2. The van der Waals surface area contributed by atoms with E-state index in [2.05, 4.69) is 31.9 Å². The van der Waals surface area contributed by atoms with Crippen molar-refractivity contribution >= 4 is 55.0 Å². The van der Waals surface area contributed by atoms with Gasteiger partial charge < -0.3 is 9.80 Å². The summed E-state index contributed by atoms with van der Waals surface area (Å²) in [5.74, 6) is -0.138. The van der Waals surface area contributed by atoms with Gasteiger partial charge in [0.2, 0.25) is 0 Å². The Balaban J connectivity index is 1.61. The molecule has 180 valence electrons. The lowest BCUT2D eigenvalue weighted by molar-refractivity contribution is 0.0965. The molecule has 0 saturated carbocycles. The van der Waals surface area contributed by atoms with Crippen LogP contribution in [0.2, 0.25) is 0 Å². The summed E-state index contributed by atoms with van der Waals surface area (Å²) in [7, 11) is 0. The fourth-order valence-corrected chi connectivity index (χ4v) is 5.68. The van der Waals surface area contributed by atoms with E-state index in [0.717, 1.165) is 25.9 Å². The van der Waals surface area contributed by atoms with Crippen LogP contribution in [0.25, 0.3) is 0 Å². The largest absolute Gasteiger partial charge is 0.305 e.